The van der Waals surface area contributed by atoms with Gasteiger partial charge in [-0.05, 0) is 24.3 Å². The van der Waals surface area contributed by atoms with Crippen molar-refractivity contribution in [3.8, 4) is 16.3 Å². The molecule has 0 saturated carbocycles. The number of ether oxygens (including phenoxy) is 1. The van der Waals surface area contributed by atoms with Crippen LogP contribution in [0.1, 0.15) is 5.56 Å². The van der Waals surface area contributed by atoms with Gasteiger partial charge in [-0.25, -0.2) is 0 Å². The first-order valence-corrected chi connectivity index (χ1v) is 8.71. The van der Waals surface area contributed by atoms with Crippen molar-refractivity contribution in [1.82, 2.24) is 10.2 Å². The molecule has 0 bridgehead atoms. The van der Waals surface area contributed by atoms with E-state index in [1.165, 1.54) is 12.1 Å². The minimum atomic E-state index is -4.48. The van der Waals surface area contributed by atoms with Gasteiger partial charge in [0.1, 0.15) is 5.75 Å². The number of anilines is 1. The maximum atomic E-state index is 12.7. The number of aromatic nitrogens is 2. The Morgan fingerprint density at radius 3 is 2.67 bits per heavy atom. The van der Waals surface area contributed by atoms with Crippen molar-refractivity contribution in [3.05, 3.63) is 59.1 Å². The molecule has 0 aliphatic heterocycles. The second-order valence-corrected chi connectivity index (χ2v) is 6.64. The van der Waals surface area contributed by atoms with E-state index in [-0.39, 0.29) is 10.9 Å². The second-order valence-electron chi connectivity index (χ2n) is 5.25. The van der Waals surface area contributed by atoms with E-state index in [4.69, 9.17) is 16.3 Å². The lowest BCUT2D eigenvalue weighted by Crippen LogP contribution is -2.20. The third-order valence-electron chi connectivity index (χ3n) is 3.31. The number of hydrogen-bond acceptors (Lipinski definition) is 5. The van der Waals surface area contributed by atoms with Crippen molar-refractivity contribution in [2.75, 3.05) is 11.9 Å². The molecule has 2 aromatic carbocycles. The van der Waals surface area contributed by atoms with E-state index in [1.54, 1.807) is 24.3 Å². The number of amides is 1. The maximum Gasteiger partial charge on any atom is 0.416 e. The molecule has 3 rings (SSSR count). The van der Waals surface area contributed by atoms with Crippen LogP contribution < -0.4 is 10.1 Å². The second kappa shape index (κ2) is 7.93. The number of nitrogens with zero attached hydrogens (tertiary/aromatic N) is 2. The van der Waals surface area contributed by atoms with Gasteiger partial charge in [-0.3, -0.25) is 10.1 Å². The molecule has 1 amide bonds. The van der Waals surface area contributed by atoms with Gasteiger partial charge in [0.2, 0.25) is 5.13 Å². The Morgan fingerprint density at radius 2 is 1.93 bits per heavy atom. The van der Waals surface area contributed by atoms with Crippen LogP contribution in [-0.4, -0.2) is 22.7 Å². The molecule has 0 aliphatic rings. The van der Waals surface area contributed by atoms with Crippen LogP contribution in [0.3, 0.4) is 0 Å². The molecule has 0 radical (unpaired) electrons. The molecule has 0 spiro atoms. The number of hydrogen-bond donors (Lipinski definition) is 1. The molecule has 0 atom stereocenters. The van der Waals surface area contributed by atoms with E-state index >= 15 is 0 Å². The zero-order chi connectivity index (χ0) is 19.4. The highest BCUT2D eigenvalue weighted by atomic mass is 35.5. The summed E-state index contributed by atoms with van der Waals surface area (Å²) in [5, 5.41) is 11.5. The number of carbonyl (C=O) groups is 1. The summed E-state index contributed by atoms with van der Waals surface area (Å²) in [5.74, 6) is -0.636. The van der Waals surface area contributed by atoms with Gasteiger partial charge < -0.3 is 4.74 Å². The summed E-state index contributed by atoms with van der Waals surface area (Å²) < 4.78 is 43.1. The van der Waals surface area contributed by atoms with Crippen molar-refractivity contribution in [2.24, 2.45) is 0 Å². The van der Waals surface area contributed by atoms with Crippen molar-refractivity contribution >= 4 is 34.0 Å². The van der Waals surface area contributed by atoms with Crippen LogP contribution in [0.2, 0.25) is 5.02 Å². The van der Waals surface area contributed by atoms with Crippen LogP contribution in [0.5, 0.6) is 5.75 Å². The molecule has 27 heavy (non-hydrogen) atoms. The van der Waals surface area contributed by atoms with Crippen LogP contribution in [0, 0.1) is 0 Å². The number of rotatable bonds is 5. The molecule has 140 valence electrons. The Labute approximate surface area is 160 Å². The minimum Gasteiger partial charge on any atom is -0.484 e. The first-order chi connectivity index (χ1) is 12.8. The van der Waals surface area contributed by atoms with E-state index in [9.17, 15) is 18.0 Å². The van der Waals surface area contributed by atoms with Gasteiger partial charge in [0.25, 0.3) is 5.91 Å². The molecule has 5 nitrogen and oxygen atoms in total. The molecule has 1 heterocycles. The quantitative estimate of drug-likeness (QED) is 0.646. The average Bonchev–Trinajstić information content (AvgIpc) is 3.08. The Hall–Kier alpha value is -2.65. The number of halogens is 4. The topological polar surface area (TPSA) is 64.1 Å². The largest absolute Gasteiger partial charge is 0.484 e. The number of nitrogens with one attached hydrogen (secondary N) is 1. The first-order valence-electron chi connectivity index (χ1n) is 7.51. The zero-order valence-corrected chi connectivity index (χ0v) is 15.0. The van der Waals surface area contributed by atoms with Gasteiger partial charge in [-0.2, -0.15) is 13.2 Å². The normalized spacial score (nSPS) is 11.3. The first kappa shape index (κ1) is 19.1. The van der Waals surface area contributed by atoms with Crippen LogP contribution in [0.25, 0.3) is 10.6 Å². The number of benzene rings is 2. The highest BCUT2D eigenvalue weighted by molar-refractivity contribution is 7.18. The lowest BCUT2D eigenvalue weighted by atomic mass is 10.2. The third kappa shape index (κ3) is 4.95. The van der Waals surface area contributed by atoms with E-state index in [1.807, 2.05) is 0 Å². The molecule has 1 N–H and O–H groups in total. The lowest BCUT2D eigenvalue weighted by Gasteiger charge is -2.09. The third-order valence-corrected chi connectivity index (χ3v) is 4.51. The summed E-state index contributed by atoms with van der Waals surface area (Å²) in [6.45, 7) is -0.470. The van der Waals surface area contributed by atoms with Gasteiger partial charge in [-0.1, -0.05) is 47.2 Å². The fraction of sp³-hybridized carbons (Fsp3) is 0.118. The fourth-order valence-electron chi connectivity index (χ4n) is 2.08. The van der Waals surface area contributed by atoms with E-state index in [0.29, 0.717) is 15.6 Å². The molecule has 10 heteroatoms. The molecule has 0 aliphatic carbocycles. The molecule has 1 aromatic heterocycles. The molecule has 0 unspecified atom stereocenters. The number of alkyl halides is 3. The van der Waals surface area contributed by atoms with Crippen molar-refractivity contribution in [2.45, 2.75) is 6.18 Å². The Bertz CT molecular complexity index is 962. The van der Waals surface area contributed by atoms with Gasteiger partial charge in [0.15, 0.2) is 11.6 Å². The SMILES string of the molecule is O=C(COc1cccc(C(F)(F)F)c1)Nc1nnc(-c2ccccc2Cl)s1. The van der Waals surface area contributed by atoms with Gasteiger partial charge in [0.05, 0.1) is 10.6 Å². The molecular weight excluding hydrogens is 403 g/mol. The predicted molar refractivity (Wildman–Crippen MR) is 95.9 cm³/mol. The minimum absolute atomic E-state index is 0.0611. The summed E-state index contributed by atoms with van der Waals surface area (Å²) in [5.41, 5.74) is -0.175. The van der Waals surface area contributed by atoms with E-state index in [2.05, 4.69) is 15.5 Å². The van der Waals surface area contributed by atoms with Gasteiger partial charge in [-0.15, -0.1) is 10.2 Å². The van der Waals surface area contributed by atoms with E-state index in [0.717, 1.165) is 23.5 Å². The van der Waals surface area contributed by atoms with Crippen molar-refractivity contribution in [3.63, 3.8) is 0 Å². The van der Waals surface area contributed by atoms with Crippen LogP contribution in [0.4, 0.5) is 18.3 Å². The standard InChI is InChI=1S/C17H11ClF3N3O2S/c18-13-7-2-1-6-12(13)15-23-24-16(27-15)22-14(25)9-26-11-5-3-4-10(8-11)17(19,20)21/h1-8H,9H2,(H,22,24,25). The smallest absolute Gasteiger partial charge is 0.416 e. The fourth-order valence-corrected chi connectivity index (χ4v) is 3.16. The summed E-state index contributed by atoms with van der Waals surface area (Å²) in [4.78, 5) is 11.9. The highest BCUT2D eigenvalue weighted by Crippen LogP contribution is 2.32. The Morgan fingerprint density at radius 1 is 1.15 bits per heavy atom. The van der Waals surface area contributed by atoms with Crippen LogP contribution in [0.15, 0.2) is 48.5 Å². The molecule has 0 fully saturated rings. The predicted octanol–water partition coefficient (Wildman–Crippen LogP) is 4.89. The summed E-state index contributed by atoms with van der Waals surface area (Å²) in [7, 11) is 0. The monoisotopic (exact) mass is 413 g/mol. The summed E-state index contributed by atoms with van der Waals surface area (Å²) in [6.07, 6.45) is -4.48. The highest BCUT2D eigenvalue weighted by Gasteiger charge is 2.30. The molecular formula is C17H11ClF3N3O2S. The van der Waals surface area contributed by atoms with Crippen molar-refractivity contribution < 1.29 is 22.7 Å². The zero-order valence-electron chi connectivity index (χ0n) is 13.5. The van der Waals surface area contributed by atoms with Crippen LogP contribution in [-0.2, 0) is 11.0 Å². The van der Waals surface area contributed by atoms with Gasteiger partial charge >= 0.3 is 6.18 Å². The van der Waals surface area contributed by atoms with Crippen molar-refractivity contribution in [1.29, 1.82) is 0 Å². The maximum absolute atomic E-state index is 12.7. The van der Waals surface area contributed by atoms with Crippen LogP contribution >= 0.6 is 22.9 Å². The lowest BCUT2D eigenvalue weighted by molar-refractivity contribution is -0.137. The summed E-state index contributed by atoms with van der Waals surface area (Å²) >= 11 is 7.20. The molecule has 3 aromatic rings. The molecule has 0 saturated heterocycles. The summed E-state index contributed by atoms with van der Waals surface area (Å²) in [6, 6.07) is 11.3. The average molecular weight is 414 g/mol. The van der Waals surface area contributed by atoms with E-state index < -0.39 is 24.3 Å². The number of carbonyl (C=O) groups excluding carboxylic acids is 1. The Kier molecular flexibility index (Phi) is 5.62. The van der Waals surface area contributed by atoms with Gasteiger partial charge in [0, 0.05) is 5.56 Å². The Balaban J connectivity index is 1.60.